The Bertz CT molecular complexity index is 603. The Morgan fingerprint density at radius 1 is 0.917 bits per heavy atom. The summed E-state index contributed by atoms with van der Waals surface area (Å²) >= 11 is 0. The summed E-state index contributed by atoms with van der Waals surface area (Å²) in [6.45, 7) is 3.03. The molecule has 1 heterocycles. The van der Waals surface area contributed by atoms with Gasteiger partial charge in [-0.05, 0) is 12.5 Å². The van der Waals surface area contributed by atoms with Gasteiger partial charge in [0.25, 0.3) is 5.91 Å². The number of para-hydroxylation sites is 1. The largest absolute Gasteiger partial charge is 0.360 e. The fourth-order valence-electron chi connectivity index (χ4n) is 3.17. The Labute approximate surface area is 146 Å². The molecule has 3 heteroatoms. The number of nitrogens with one attached hydrogen (secondary N) is 2. The van der Waals surface area contributed by atoms with Crippen molar-refractivity contribution in [2.24, 2.45) is 0 Å². The van der Waals surface area contributed by atoms with E-state index in [-0.39, 0.29) is 5.91 Å². The van der Waals surface area contributed by atoms with E-state index in [1.807, 2.05) is 24.3 Å². The number of unbranched alkanes of at least 4 members (excludes halogenated alkanes) is 9. The zero-order valence-electron chi connectivity index (χ0n) is 15.1. The van der Waals surface area contributed by atoms with Crippen molar-refractivity contribution in [1.29, 1.82) is 0 Å². The number of rotatable bonds is 12. The van der Waals surface area contributed by atoms with E-state index in [1.165, 1.54) is 57.8 Å². The second kappa shape index (κ2) is 10.9. The van der Waals surface area contributed by atoms with Crippen molar-refractivity contribution in [3.05, 3.63) is 36.0 Å². The Morgan fingerprint density at radius 3 is 2.25 bits per heavy atom. The topological polar surface area (TPSA) is 44.9 Å². The third-order valence-corrected chi connectivity index (χ3v) is 4.65. The molecule has 0 saturated heterocycles. The second-order valence-corrected chi connectivity index (χ2v) is 6.69. The van der Waals surface area contributed by atoms with E-state index in [9.17, 15) is 4.79 Å². The molecule has 2 aromatic rings. The van der Waals surface area contributed by atoms with Gasteiger partial charge in [-0.15, -0.1) is 0 Å². The van der Waals surface area contributed by atoms with Gasteiger partial charge in [-0.25, -0.2) is 0 Å². The van der Waals surface area contributed by atoms with E-state index in [4.69, 9.17) is 0 Å². The standard InChI is InChI=1S/C21H32N2O/c1-2-3-4-5-6-7-8-9-10-13-16-22-21(24)19-17-23-20-15-12-11-14-18(19)20/h11-12,14-15,17,23H,2-10,13,16H2,1H3,(H,22,24). The summed E-state index contributed by atoms with van der Waals surface area (Å²) in [5.74, 6) is 0.0309. The van der Waals surface area contributed by atoms with Gasteiger partial charge in [-0.2, -0.15) is 0 Å². The minimum atomic E-state index is 0.0309. The molecule has 0 fully saturated rings. The highest BCUT2D eigenvalue weighted by Gasteiger charge is 2.10. The Hall–Kier alpha value is -1.77. The fourth-order valence-corrected chi connectivity index (χ4v) is 3.17. The Balaban J connectivity index is 1.52. The maximum Gasteiger partial charge on any atom is 0.253 e. The molecule has 24 heavy (non-hydrogen) atoms. The van der Waals surface area contributed by atoms with Crippen molar-refractivity contribution in [2.45, 2.75) is 71.1 Å². The second-order valence-electron chi connectivity index (χ2n) is 6.69. The molecule has 1 aromatic carbocycles. The summed E-state index contributed by atoms with van der Waals surface area (Å²) in [5, 5.41) is 4.04. The number of H-pyrrole nitrogens is 1. The average Bonchev–Trinajstić information content (AvgIpc) is 3.03. The van der Waals surface area contributed by atoms with E-state index in [2.05, 4.69) is 17.2 Å². The molecule has 0 aliphatic heterocycles. The van der Waals surface area contributed by atoms with Crippen LogP contribution in [0.1, 0.15) is 81.5 Å². The maximum atomic E-state index is 12.2. The lowest BCUT2D eigenvalue weighted by atomic mass is 10.1. The summed E-state index contributed by atoms with van der Waals surface area (Å²) in [5.41, 5.74) is 1.76. The normalized spacial score (nSPS) is 11.0. The van der Waals surface area contributed by atoms with Gasteiger partial charge in [0.05, 0.1) is 5.56 Å². The van der Waals surface area contributed by atoms with Gasteiger partial charge in [0, 0.05) is 23.6 Å². The molecule has 0 unspecified atom stereocenters. The van der Waals surface area contributed by atoms with Crippen LogP contribution in [0, 0.1) is 0 Å². The molecule has 0 bridgehead atoms. The number of hydrogen-bond donors (Lipinski definition) is 2. The van der Waals surface area contributed by atoms with Crippen molar-refractivity contribution in [1.82, 2.24) is 10.3 Å². The van der Waals surface area contributed by atoms with Crippen LogP contribution in [-0.4, -0.2) is 17.4 Å². The van der Waals surface area contributed by atoms with Crippen LogP contribution in [0.5, 0.6) is 0 Å². The van der Waals surface area contributed by atoms with Crippen molar-refractivity contribution in [2.75, 3.05) is 6.54 Å². The number of fused-ring (bicyclic) bond motifs is 1. The monoisotopic (exact) mass is 328 g/mol. The lowest BCUT2D eigenvalue weighted by Gasteiger charge is -2.05. The molecule has 3 nitrogen and oxygen atoms in total. The van der Waals surface area contributed by atoms with Gasteiger partial charge < -0.3 is 10.3 Å². The number of amides is 1. The molecule has 1 amide bonds. The first kappa shape index (κ1) is 18.6. The molecular weight excluding hydrogens is 296 g/mol. The lowest BCUT2D eigenvalue weighted by molar-refractivity contribution is 0.0954. The molecule has 0 saturated carbocycles. The quantitative estimate of drug-likeness (QED) is 0.474. The van der Waals surface area contributed by atoms with Gasteiger partial charge in [0.15, 0.2) is 0 Å². The zero-order chi connectivity index (χ0) is 17.0. The zero-order valence-corrected chi connectivity index (χ0v) is 15.1. The van der Waals surface area contributed by atoms with Gasteiger partial charge in [0.1, 0.15) is 0 Å². The van der Waals surface area contributed by atoms with Crippen molar-refractivity contribution >= 4 is 16.8 Å². The Kier molecular flexibility index (Phi) is 8.43. The molecule has 0 aliphatic rings. The molecule has 0 radical (unpaired) electrons. The first-order valence-electron chi connectivity index (χ1n) is 9.67. The smallest absolute Gasteiger partial charge is 0.253 e. The molecule has 0 spiro atoms. The van der Waals surface area contributed by atoms with E-state index in [1.54, 1.807) is 6.20 Å². The molecule has 1 aromatic heterocycles. The van der Waals surface area contributed by atoms with Crippen LogP contribution in [0.3, 0.4) is 0 Å². The molecule has 2 N–H and O–H groups in total. The third kappa shape index (κ3) is 6.03. The van der Waals surface area contributed by atoms with Crippen LogP contribution in [0.15, 0.2) is 30.5 Å². The third-order valence-electron chi connectivity index (χ3n) is 4.65. The van der Waals surface area contributed by atoms with Crippen LogP contribution >= 0.6 is 0 Å². The summed E-state index contributed by atoms with van der Waals surface area (Å²) in [6.07, 6.45) is 15.0. The van der Waals surface area contributed by atoms with Gasteiger partial charge in [-0.3, -0.25) is 4.79 Å². The molecular formula is C21H32N2O. The van der Waals surface area contributed by atoms with Crippen LogP contribution in [0.25, 0.3) is 10.9 Å². The number of carbonyl (C=O) groups is 1. The van der Waals surface area contributed by atoms with E-state index in [0.29, 0.717) is 0 Å². The molecule has 132 valence electrons. The predicted molar refractivity (Wildman–Crippen MR) is 102 cm³/mol. The van der Waals surface area contributed by atoms with Crippen LogP contribution in [-0.2, 0) is 0 Å². The van der Waals surface area contributed by atoms with Crippen LogP contribution < -0.4 is 5.32 Å². The first-order chi connectivity index (χ1) is 11.8. The highest BCUT2D eigenvalue weighted by molar-refractivity contribution is 6.06. The highest BCUT2D eigenvalue weighted by atomic mass is 16.1. The van der Waals surface area contributed by atoms with E-state index < -0.39 is 0 Å². The number of aromatic nitrogens is 1. The number of hydrogen-bond acceptors (Lipinski definition) is 1. The van der Waals surface area contributed by atoms with E-state index in [0.717, 1.165) is 29.4 Å². The summed E-state index contributed by atoms with van der Waals surface area (Å²) in [4.78, 5) is 15.4. The molecule has 2 rings (SSSR count). The molecule has 0 atom stereocenters. The van der Waals surface area contributed by atoms with Gasteiger partial charge >= 0.3 is 0 Å². The maximum absolute atomic E-state index is 12.2. The summed E-state index contributed by atoms with van der Waals surface area (Å²) in [6, 6.07) is 7.93. The van der Waals surface area contributed by atoms with Gasteiger partial charge in [0.2, 0.25) is 0 Å². The van der Waals surface area contributed by atoms with Crippen molar-refractivity contribution in [3.63, 3.8) is 0 Å². The SMILES string of the molecule is CCCCCCCCCCCCNC(=O)c1c[nH]c2ccccc12. The Morgan fingerprint density at radius 2 is 1.54 bits per heavy atom. The van der Waals surface area contributed by atoms with Crippen LogP contribution in [0.2, 0.25) is 0 Å². The van der Waals surface area contributed by atoms with Crippen molar-refractivity contribution < 1.29 is 4.79 Å². The van der Waals surface area contributed by atoms with Crippen LogP contribution in [0.4, 0.5) is 0 Å². The minimum absolute atomic E-state index is 0.0309. The fraction of sp³-hybridized carbons (Fsp3) is 0.571. The minimum Gasteiger partial charge on any atom is -0.360 e. The van der Waals surface area contributed by atoms with Crippen molar-refractivity contribution in [3.8, 4) is 0 Å². The number of benzene rings is 1. The average molecular weight is 329 g/mol. The first-order valence-corrected chi connectivity index (χ1v) is 9.67. The summed E-state index contributed by atoms with van der Waals surface area (Å²) < 4.78 is 0. The van der Waals surface area contributed by atoms with E-state index >= 15 is 0 Å². The summed E-state index contributed by atoms with van der Waals surface area (Å²) in [7, 11) is 0. The molecule has 0 aliphatic carbocycles. The van der Waals surface area contributed by atoms with Gasteiger partial charge in [-0.1, -0.05) is 82.9 Å². The number of carbonyl (C=O) groups excluding carboxylic acids is 1. The predicted octanol–water partition coefficient (Wildman–Crippen LogP) is 5.82. The lowest BCUT2D eigenvalue weighted by Crippen LogP contribution is -2.24. The number of aromatic amines is 1. The highest BCUT2D eigenvalue weighted by Crippen LogP contribution is 2.17.